The second kappa shape index (κ2) is 14.9. The molecule has 0 bridgehead atoms. The Kier molecular flexibility index (Phi) is 10.4. The summed E-state index contributed by atoms with van der Waals surface area (Å²) in [6.07, 6.45) is 2.06. The first-order valence-electron chi connectivity index (χ1n) is 17.2. The van der Waals surface area contributed by atoms with Crippen LogP contribution in [-0.4, -0.2) is 14.8 Å². The summed E-state index contributed by atoms with van der Waals surface area (Å²) in [6.45, 7) is 11.2. The molecule has 1 heterocycles. The van der Waals surface area contributed by atoms with Crippen LogP contribution in [0.15, 0.2) is 140 Å². The fourth-order valence-electron chi connectivity index (χ4n) is 7.12. The fraction of sp³-hybridized carbons (Fsp3) is 0.174. The molecule has 0 unspecified atom stereocenters. The summed E-state index contributed by atoms with van der Waals surface area (Å²) < 4.78 is 2.31. The zero-order valence-corrected chi connectivity index (χ0v) is 31.8. The van der Waals surface area contributed by atoms with Crippen molar-refractivity contribution in [1.82, 2.24) is 14.8 Å². The molecule has 0 saturated carbocycles. The first-order chi connectivity index (χ1) is 23.8. The van der Waals surface area contributed by atoms with E-state index in [1.165, 1.54) is 44.5 Å². The summed E-state index contributed by atoms with van der Waals surface area (Å²) >= 11 is 0. The van der Waals surface area contributed by atoms with Crippen molar-refractivity contribution in [3.05, 3.63) is 163 Å². The zero-order chi connectivity index (χ0) is 34.0. The third kappa shape index (κ3) is 7.05. The van der Waals surface area contributed by atoms with Gasteiger partial charge in [-0.05, 0) is 101 Å². The smallest absolute Gasteiger partial charge is 0.134 e. The van der Waals surface area contributed by atoms with Crippen LogP contribution in [0.2, 0.25) is 0 Å². The summed E-state index contributed by atoms with van der Waals surface area (Å²) in [4.78, 5) is 0. The van der Waals surface area contributed by atoms with Crippen LogP contribution in [-0.2, 0) is 25.5 Å². The van der Waals surface area contributed by atoms with Gasteiger partial charge in [-0.1, -0.05) is 118 Å². The average molecular weight is 829 g/mol. The van der Waals surface area contributed by atoms with Crippen LogP contribution >= 0.6 is 0 Å². The van der Waals surface area contributed by atoms with Crippen molar-refractivity contribution < 1.29 is 20.1 Å². The Bertz CT molecular complexity index is 2140. The topological polar surface area (TPSA) is 30.7 Å². The monoisotopic (exact) mass is 829 g/mol. The van der Waals surface area contributed by atoms with E-state index in [1.54, 1.807) is 0 Å². The molecule has 0 amide bonds. The van der Waals surface area contributed by atoms with Crippen molar-refractivity contribution in [1.29, 1.82) is 0 Å². The molecule has 0 saturated heterocycles. The maximum absolute atomic E-state index is 4.92. The standard InChI is InChI=1S/C46H42N3.Ir/c1-6-25-46(4,5)45-48-47-44(49(45)43-32(2)26-39(27-33(43)3)34-17-10-7-11-18-34)38-24-16-23-37(28-38)42-30-40(35-19-12-8-13-20-35)29-41(31-42)36-21-14-9-15-22-36;/h7-23,26-31H,6,25H2,1-5H3;/q-1;. The molecule has 1 aromatic heterocycles. The summed E-state index contributed by atoms with van der Waals surface area (Å²) in [5.41, 5.74) is 13.7. The normalized spacial score (nSPS) is 11.3. The van der Waals surface area contributed by atoms with Crippen LogP contribution in [0.4, 0.5) is 0 Å². The predicted molar refractivity (Wildman–Crippen MR) is 205 cm³/mol. The quantitative estimate of drug-likeness (QED) is 0.136. The van der Waals surface area contributed by atoms with Gasteiger partial charge in [0.2, 0.25) is 0 Å². The summed E-state index contributed by atoms with van der Waals surface area (Å²) in [6, 6.07) is 53.2. The summed E-state index contributed by atoms with van der Waals surface area (Å²) in [7, 11) is 0. The first kappa shape index (κ1) is 35.0. The van der Waals surface area contributed by atoms with Gasteiger partial charge in [-0.15, -0.1) is 40.5 Å². The Morgan fingerprint density at radius 3 is 1.50 bits per heavy atom. The van der Waals surface area contributed by atoms with E-state index in [4.69, 9.17) is 10.2 Å². The van der Waals surface area contributed by atoms with E-state index in [-0.39, 0.29) is 25.5 Å². The van der Waals surface area contributed by atoms with Crippen molar-refractivity contribution in [2.75, 3.05) is 0 Å². The van der Waals surface area contributed by atoms with Gasteiger partial charge >= 0.3 is 0 Å². The minimum Gasteiger partial charge on any atom is -0.319 e. The number of rotatable bonds is 9. The summed E-state index contributed by atoms with van der Waals surface area (Å²) in [5, 5.41) is 9.85. The zero-order valence-electron chi connectivity index (χ0n) is 29.4. The second-order valence-electron chi connectivity index (χ2n) is 13.7. The van der Waals surface area contributed by atoms with Crippen LogP contribution in [0.3, 0.4) is 0 Å². The van der Waals surface area contributed by atoms with Crippen molar-refractivity contribution >= 4 is 0 Å². The number of hydrogen-bond acceptors (Lipinski definition) is 2. The predicted octanol–water partition coefficient (Wildman–Crippen LogP) is 12.1. The molecule has 7 aromatic rings. The Morgan fingerprint density at radius 2 is 1.02 bits per heavy atom. The molecular formula is C46H42IrN3-. The molecule has 0 aliphatic carbocycles. The van der Waals surface area contributed by atoms with E-state index < -0.39 is 0 Å². The minimum atomic E-state index is -0.177. The van der Waals surface area contributed by atoms with Crippen LogP contribution in [0.25, 0.3) is 61.6 Å². The molecule has 7 rings (SSSR count). The van der Waals surface area contributed by atoms with Crippen LogP contribution in [0.5, 0.6) is 0 Å². The van der Waals surface area contributed by atoms with E-state index in [9.17, 15) is 0 Å². The maximum atomic E-state index is 4.92. The number of aromatic nitrogens is 3. The van der Waals surface area contributed by atoms with Crippen molar-refractivity contribution in [3.8, 4) is 61.6 Å². The van der Waals surface area contributed by atoms with Gasteiger partial charge in [-0.3, -0.25) is 0 Å². The van der Waals surface area contributed by atoms with E-state index in [0.29, 0.717) is 0 Å². The molecule has 6 aromatic carbocycles. The molecule has 0 fully saturated rings. The Morgan fingerprint density at radius 1 is 0.560 bits per heavy atom. The number of benzene rings is 6. The first-order valence-corrected chi connectivity index (χ1v) is 17.2. The van der Waals surface area contributed by atoms with Gasteiger partial charge < -0.3 is 4.57 Å². The van der Waals surface area contributed by atoms with Crippen LogP contribution < -0.4 is 0 Å². The fourth-order valence-corrected chi connectivity index (χ4v) is 7.12. The molecule has 0 atom stereocenters. The van der Waals surface area contributed by atoms with E-state index >= 15 is 0 Å². The molecule has 0 N–H and O–H groups in total. The van der Waals surface area contributed by atoms with E-state index in [0.717, 1.165) is 46.9 Å². The molecule has 0 aliphatic rings. The molecule has 4 heteroatoms. The molecular weight excluding hydrogens is 787 g/mol. The van der Waals surface area contributed by atoms with Crippen molar-refractivity contribution in [2.45, 2.75) is 52.9 Å². The Balaban J connectivity index is 0.00000432. The van der Waals surface area contributed by atoms with E-state index in [2.05, 4.69) is 179 Å². The van der Waals surface area contributed by atoms with Gasteiger partial charge in [0, 0.05) is 31.2 Å². The van der Waals surface area contributed by atoms with Gasteiger partial charge in [0.05, 0.1) is 5.82 Å². The molecule has 3 nitrogen and oxygen atoms in total. The summed E-state index contributed by atoms with van der Waals surface area (Å²) in [5.74, 6) is 1.78. The molecule has 251 valence electrons. The largest absolute Gasteiger partial charge is 0.319 e. The Labute approximate surface area is 310 Å². The van der Waals surface area contributed by atoms with Crippen LogP contribution in [0.1, 0.15) is 50.6 Å². The number of aryl methyl sites for hydroxylation is 2. The van der Waals surface area contributed by atoms with Gasteiger partial charge in [-0.2, -0.15) is 5.10 Å². The molecule has 0 spiro atoms. The maximum Gasteiger partial charge on any atom is 0.134 e. The number of nitrogens with zero attached hydrogens (tertiary/aromatic N) is 3. The van der Waals surface area contributed by atoms with Crippen molar-refractivity contribution in [2.24, 2.45) is 0 Å². The third-order valence-corrected chi connectivity index (χ3v) is 9.49. The van der Waals surface area contributed by atoms with Crippen LogP contribution in [0, 0.1) is 19.9 Å². The Hall–Kier alpha value is -4.89. The van der Waals surface area contributed by atoms with Gasteiger partial charge in [-0.25, -0.2) is 0 Å². The van der Waals surface area contributed by atoms with E-state index in [1.807, 2.05) is 6.07 Å². The van der Waals surface area contributed by atoms with Gasteiger partial charge in [0.1, 0.15) is 5.82 Å². The molecule has 50 heavy (non-hydrogen) atoms. The SMILES string of the molecule is CCCC(C)(C)c1nnc(-c2[c-]ccc(-c3cc(-c4ccccc4)cc(-c4ccccc4)c3)c2)n1-c1c(C)cc(-c2ccccc2)cc1C.[Ir]. The minimum absolute atomic E-state index is 0. The second-order valence-corrected chi connectivity index (χ2v) is 13.7. The van der Waals surface area contributed by atoms with Gasteiger partial charge in [0.15, 0.2) is 0 Å². The molecule has 0 aliphatic heterocycles. The van der Waals surface area contributed by atoms with Gasteiger partial charge in [0.25, 0.3) is 0 Å². The third-order valence-electron chi connectivity index (χ3n) is 9.49. The molecule has 1 radical (unpaired) electrons. The average Bonchev–Trinajstić information content (AvgIpc) is 3.58. The number of hydrogen-bond donors (Lipinski definition) is 0. The van der Waals surface area contributed by atoms with Crippen molar-refractivity contribution in [3.63, 3.8) is 0 Å².